The van der Waals surface area contributed by atoms with Crippen molar-refractivity contribution in [3.63, 3.8) is 0 Å². The molecule has 2 fully saturated rings. The van der Waals surface area contributed by atoms with Crippen molar-refractivity contribution in [2.75, 3.05) is 57.3 Å². The van der Waals surface area contributed by atoms with Gasteiger partial charge in [0.05, 0.1) is 0 Å². The van der Waals surface area contributed by atoms with Crippen LogP contribution in [0.25, 0.3) is 0 Å². The third-order valence-corrected chi connectivity index (χ3v) is 5.46. The molecule has 2 amide bonds. The summed E-state index contributed by atoms with van der Waals surface area (Å²) in [4.78, 5) is 32.7. The molecule has 164 valence electrons. The molecule has 3 rings (SSSR count). The molecule has 9 heteroatoms. The molecule has 0 atom stereocenters. The maximum absolute atomic E-state index is 12.6. The van der Waals surface area contributed by atoms with Gasteiger partial charge in [0.15, 0.2) is 5.96 Å². The minimum Gasteiger partial charge on any atom is -0.368 e. The van der Waals surface area contributed by atoms with Crippen LogP contribution < -0.4 is 20.9 Å². The highest BCUT2D eigenvalue weighted by atomic mass is 35.5. The number of benzene rings is 1. The van der Waals surface area contributed by atoms with Gasteiger partial charge in [-0.05, 0) is 44.0 Å². The van der Waals surface area contributed by atoms with Crippen LogP contribution in [0, 0.1) is 5.92 Å². The summed E-state index contributed by atoms with van der Waals surface area (Å²) in [6.07, 6.45) is 2.00. The molecule has 1 aliphatic heterocycles. The second-order valence-electron chi connectivity index (χ2n) is 7.53. The molecule has 1 aliphatic carbocycles. The van der Waals surface area contributed by atoms with E-state index in [-0.39, 0.29) is 24.3 Å². The van der Waals surface area contributed by atoms with E-state index in [0.717, 1.165) is 36.6 Å². The fourth-order valence-electron chi connectivity index (χ4n) is 3.31. The van der Waals surface area contributed by atoms with Crippen LogP contribution in [0.1, 0.15) is 19.8 Å². The number of anilines is 1. The quantitative estimate of drug-likeness (QED) is 0.323. The third kappa shape index (κ3) is 6.79. The Balaban J connectivity index is 1.39. The normalized spacial score (nSPS) is 16.9. The summed E-state index contributed by atoms with van der Waals surface area (Å²) < 4.78 is 0. The Morgan fingerprint density at radius 2 is 1.70 bits per heavy atom. The SMILES string of the molecule is CCNC(=NCC(=O)N1CCN(c2ccc(Cl)cc2)CC1)NCCNC(=O)C1CC1. The highest BCUT2D eigenvalue weighted by Crippen LogP contribution is 2.28. The molecular formula is C21H31ClN6O2. The Morgan fingerprint density at radius 3 is 2.33 bits per heavy atom. The fourth-order valence-corrected chi connectivity index (χ4v) is 3.44. The first-order chi connectivity index (χ1) is 14.6. The number of nitrogens with one attached hydrogen (secondary N) is 3. The zero-order chi connectivity index (χ0) is 21.3. The van der Waals surface area contributed by atoms with Crippen molar-refractivity contribution in [2.45, 2.75) is 19.8 Å². The number of halogens is 1. The maximum atomic E-state index is 12.6. The average molecular weight is 435 g/mol. The highest BCUT2D eigenvalue weighted by Gasteiger charge is 2.29. The van der Waals surface area contributed by atoms with Gasteiger partial charge in [0.25, 0.3) is 0 Å². The number of hydrogen-bond acceptors (Lipinski definition) is 4. The zero-order valence-corrected chi connectivity index (χ0v) is 18.2. The number of aliphatic imine (C=N–C) groups is 1. The van der Waals surface area contributed by atoms with Crippen molar-refractivity contribution in [3.8, 4) is 0 Å². The number of carbonyl (C=O) groups excluding carboxylic acids is 2. The summed E-state index contributed by atoms with van der Waals surface area (Å²) in [6.45, 7) is 6.82. The van der Waals surface area contributed by atoms with Crippen molar-refractivity contribution >= 4 is 35.1 Å². The van der Waals surface area contributed by atoms with Gasteiger partial charge in [-0.3, -0.25) is 9.59 Å². The molecule has 1 saturated heterocycles. The molecule has 1 heterocycles. The van der Waals surface area contributed by atoms with Gasteiger partial charge in [0.1, 0.15) is 6.54 Å². The highest BCUT2D eigenvalue weighted by molar-refractivity contribution is 6.30. The minimum absolute atomic E-state index is 0.0185. The van der Waals surface area contributed by atoms with Crippen LogP contribution in [-0.4, -0.2) is 75.0 Å². The van der Waals surface area contributed by atoms with Gasteiger partial charge in [-0.2, -0.15) is 0 Å². The maximum Gasteiger partial charge on any atom is 0.244 e. The van der Waals surface area contributed by atoms with Crippen molar-refractivity contribution in [1.82, 2.24) is 20.9 Å². The average Bonchev–Trinajstić information content (AvgIpc) is 3.61. The van der Waals surface area contributed by atoms with Gasteiger partial charge < -0.3 is 25.8 Å². The van der Waals surface area contributed by atoms with Crippen LogP contribution in [0.4, 0.5) is 5.69 Å². The lowest BCUT2D eigenvalue weighted by Crippen LogP contribution is -2.49. The van der Waals surface area contributed by atoms with Gasteiger partial charge in [-0.15, -0.1) is 0 Å². The first-order valence-electron chi connectivity index (χ1n) is 10.6. The number of carbonyl (C=O) groups is 2. The first kappa shape index (κ1) is 22.2. The summed E-state index contributed by atoms with van der Waals surface area (Å²) in [5.74, 6) is 0.952. The van der Waals surface area contributed by atoms with E-state index in [4.69, 9.17) is 11.6 Å². The zero-order valence-electron chi connectivity index (χ0n) is 17.5. The number of piperazine rings is 1. The van der Waals surface area contributed by atoms with Crippen molar-refractivity contribution < 1.29 is 9.59 Å². The Labute approximate surface area is 183 Å². The molecule has 8 nitrogen and oxygen atoms in total. The van der Waals surface area contributed by atoms with E-state index in [0.29, 0.717) is 38.7 Å². The lowest BCUT2D eigenvalue weighted by atomic mass is 10.2. The third-order valence-electron chi connectivity index (χ3n) is 5.21. The molecular weight excluding hydrogens is 404 g/mol. The van der Waals surface area contributed by atoms with E-state index < -0.39 is 0 Å². The molecule has 0 aromatic heterocycles. The smallest absolute Gasteiger partial charge is 0.244 e. The molecule has 1 aromatic carbocycles. The molecule has 0 radical (unpaired) electrons. The predicted octanol–water partition coefficient (Wildman–Crippen LogP) is 1.07. The molecule has 2 aliphatic rings. The van der Waals surface area contributed by atoms with Crippen LogP contribution in [0.15, 0.2) is 29.3 Å². The molecule has 0 bridgehead atoms. The van der Waals surface area contributed by atoms with Gasteiger partial charge in [-0.25, -0.2) is 4.99 Å². The van der Waals surface area contributed by atoms with Gasteiger partial charge in [-0.1, -0.05) is 11.6 Å². The molecule has 1 aromatic rings. The van der Waals surface area contributed by atoms with Crippen molar-refractivity contribution in [3.05, 3.63) is 29.3 Å². The first-order valence-corrected chi connectivity index (χ1v) is 11.0. The molecule has 30 heavy (non-hydrogen) atoms. The van der Waals surface area contributed by atoms with Crippen LogP contribution >= 0.6 is 11.6 Å². The minimum atomic E-state index is 0.0185. The summed E-state index contributed by atoms with van der Waals surface area (Å²) in [5.41, 5.74) is 1.12. The van der Waals surface area contributed by atoms with E-state index >= 15 is 0 Å². The Bertz CT molecular complexity index is 742. The number of rotatable bonds is 8. The van der Waals surface area contributed by atoms with Gasteiger partial charge >= 0.3 is 0 Å². The number of nitrogens with zero attached hydrogens (tertiary/aromatic N) is 3. The second kappa shape index (κ2) is 11.1. The van der Waals surface area contributed by atoms with E-state index in [9.17, 15) is 9.59 Å². The Morgan fingerprint density at radius 1 is 1.03 bits per heavy atom. The summed E-state index contributed by atoms with van der Waals surface area (Å²) in [7, 11) is 0. The summed E-state index contributed by atoms with van der Waals surface area (Å²) in [6, 6.07) is 7.78. The van der Waals surface area contributed by atoms with Crippen LogP contribution in [-0.2, 0) is 9.59 Å². The predicted molar refractivity (Wildman–Crippen MR) is 120 cm³/mol. The van der Waals surface area contributed by atoms with Crippen molar-refractivity contribution in [2.24, 2.45) is 10.9 Å². The summed E-state index contributed by atoms with van der Waals surface area (Å²) in [5, 5.41) is 9.93. The fraction of sp³-hybridized carbons (Fsp3) is 0.571. The largest absolute Gasteiger partial charge is 0.368 e. The van der Waals surface area contributed by atoms with Gasteiger partial charge in [0, 0.05) is 62.4 Å². The van der Waals surface area contributed by atoms with Crippen molar-refractivity contribution in [1.29, 1.82) is 0 Å². The Hall–Kier alpha value is -2.48. The standard InChI is InChI=1S/C21H31ClN6O2/c1-2-23-21(25-10-9-24-20(30)16-3-4-16)26-15-19(29)28-13-11-27(12-14-28)18-7-5-17(22)6-8-18/h5-8,16H,2-4,9-15H2,1H3,(H,24,30)(H2,23,25,26). The molecule has 0 spiro atoms. The van der Waals surface area contributed by atoms with E-state index in [1.165, 1.54) is 0 Å². The van der Waals surface area contributed by atoms with Crippen LogP contribution in [0.5, 0.6) is 0 Å². The molecule has 3 N–H and O–H groups in total. The number of hydrogen-bond donors (Lipinski definition) is 3. The monoisotopic (exact) mass is 434 g/mol. The molecule has 0 unspecified atom stereocenters. The van der Waals surface area contributed by atoms with Crippen LogP contribution in [0.3, 0.4) is 0 Å². The van der Waals surface area contributed by atoms with Crippen LogP contribution in [0.2, 0.25) is 5.02 Å². The van der Waals surface area contributed by atoms with E-state index in [1.54, 1.807) is 0 Å². The number of amides is 2. The van der Waals surface area contributed by atoms with Gasteiger partial charge in [0.2, 0.25) is 11.8 Å². The van der Waals surface area contributed by atoms with E-state index in [2.05, 4.69) is 25.8 Å². The molecule has 1 saturated carbocycles. The summed E-state index contributed by atoms with van der Waals surface area (Å²) >= 11 is 5.95. The topological polar surface area (TPSA) is 89.1 Å². The number of guanidine groups is 1. The second-order valence-corrected chi connectivity index (χ2v) is 7.97. The lowest BCUT2D eigenvalue weighted by Gasteiger charge is -2.36. The van der Waals surface area contributed by atoms with E-state index in [1.807, 2.05) is 36.1 Å². The Kier molecular flexibility index (Phi) is 8.19. The lowest BCUT2D eigenvalue weighted by molar-refractivity contribution is -0.129.